The zero-order chi connectivity index (χ0) is 12.0. The third-order valence-electron chi connectivity index (χ3n) is 1.93. The summed E-state index contributed by atoms with van der Waals surface area (Å²) in [7, 11) is 1.78. The van der Waals surface area contributed by atoms with Gasteiger partial charge in [-0.3, -0.25) is 0 Å². The van der Waals surface area contributed by atoms with Gasteiger partial charge in [0, 0.05) is 25.4 Å². The highest BCUT2D eigenvalue weighted by atomic mass is 16.5. The molecule has 0 fully saturated rings. The fraction of sp³-hybridized carbons (Fsp3) is 0.636. The van der Waals surface area contributed by atoms with E-state index >= 15 is 0 Å². The largest absolute Gasteiger partial charge is 0.472 e. The molecule has 1 unspecified atom stereocenters. The Labute approximate surface area is 96.2 Å². The van der Waals surface area contributed by atoms with E-state index in [2.05, 4.69) is 15.3 Å². The molecule has 0 aliphatic carbocycles. The minimum Gasteiger partial charge on any atom is -0.472 e. The number of aryl methyl sites for hydroxylation is 1. The van der Waals surface area contributed by atoms with Gasteiger partial charge in [-0.2, -0.15) is 4.98 Å². The van der Waals surface area contributed by atoms with Gasteiger partial charge in [-0.15, -0.1) is 0 Å². The van der Waals surface area contributed by atoms with E-state index in [1.54, 1.807) is 7.05 Å². The molecule has 0 radical (unpaired) electrons. The first-order chi connectivity index (χ1) is 7.65. The summed E-state index contributed by atoms with van der Waals surface area (Å²) in [6.07, 6.45) is -0.0149. The van der Waals surface area contributed by atoms with Crippen molar-refractivity contribution in [3.63, 3.8) is 0 Å². The van der Waals surface area contributed by atoms with Crippen LogP contribution in [-0.4, -0.2) is 36.3 Å². The predicted octanol–water partition coefficient (Wildman–Crippen LogP) is 1.63. The maximum atomic E-state index is 5.62. The van der Waals surface area contributed by atoms with Gasteiger partial charge >= 0.3 is 0 Å². The van der Waals surface area contributed by atoms with Crippen LogP contribution in [-0.2, 0) is 4.74 Å². The first-order valence-corrected chi connectivity index (χ1v) is 5.43. The van der Waals surface area contributed by atoms with Gasteiger partial charge in [0.05, 0.1) is 6.61 Å². The fourth-order valence-electron chi connectivity index (χ4n) is 1.24. The van der Waals surface area contributed by atoms with Crippen molar-refractivity contribution >= 4 is 5.95 Å². The van der Waals surface area contributed by atoms with Gasteiger partial charge < -0.3 is 14.8 Å². The fourth-order valence-corrected chi connectivity index (χ4v) is 1.24. The second-order valence-electron chi connectivity index (χ2n) is 3.51. The van der Waals surface area contributed by atoms with Crippen molar-refractivity contribution < 1.29 is 9.47 Å². The van der Waals surface area contributed by atoms with E-state index in [1.807, 2.05) is 26.8 Å². The average Bonchev–Trinajstić information content (AvgIpc) is 2.25. The number of nitrogens with zero attached hydrogens (tertiary/aromatic N) is 2. The Kier molecular flexibility index (Phi) is 4.98. The predicted molar refractivity (Wildman–Crippen MR) is 62.9 cm³/mol. The molecule has 0 saturated carbocycles. The third kappa shape index (κ3) is 4.02. The lowest BCUT2D eigenvalue weighted by molar-refractivity contribution is 0.0633. The van der Waals surface area contributed by atoms with Crippen LogP contribution in [0, 0.1) is 6.92 Å². The summed E-state index contributed by atoms with van der Waals surface area (Å²) in [4.78, 5) is 8.39. The number of aromatic nitrogens is 2. The molecule has 1 aromatic rings. The average molecular weight is 225 g/mol. The molecule has 5 nitrogen and oxygen atoms in total. The molecule has 0 bridgehead atoms. The second-order valence-corrected chi connectivity index (χ2v) is 3.51. The summed E-state index contributed by atoms with van der Waals surface area (Å²) < 4.78 is 10.9. The van der Waals surface area contributed by atoms with Crippen molar-refractivity contribution in [3.8, 4) is 5.88 Å². The lowest BCUT2D eigenvalue weighted by Crippen LogP contribution is -2.20. The van der Waals surface area contributed by atoms with E-state index in [0.717, 1.165) is 5.69 Å². The van der Waals surface area contributed by atoms with E-state index in [0.29, 0.717) is 25.0 Å². The quantitative estimate of drug-likeness (QED) is 0.797. The van der Waals surface area contributed by atoms with Crippen LogP contribution in [0.25, 0.3) is 0 Å². The van der Waals surface area contributed by atoms with Crippen molar-refractivity contribution in [1.82, 2.24) is 9.97 Å². The highest BCUT2D eigenvalue weighted by molar-refractivity contribution is 5.29. The molecule has 1 atom stereocenters. The Hall–Kier alpha value is -1.36. The van der Waals surface area contributed by atoms with Crippen LogP contribution in [0.1, 0.15) is 19.5 Å². The van der Waals surface area contributed by atoms with Gasteiger partial charge in [-0.25, -0.2) is 4.98 Å². The molecular weight excluding hydrogens is 206 g/mol. The van der Waals surface area contributed by atoms with E-state index in [1.165, 1.54) is 0 Å². The molecule has 0 aliphatic rings. The summed E-state index contributed by atoms with van der Waals surface area (Å²) >= 11 is 0. The molecular formula is C11H19N3O2. The van der Waals surface area contributed by atoms with Crippen molar-refractivity contribution in [2.45, 2.75) is 26.9 Å². The van der Waals surface area contributed by atoms with Crippen LogP contribution in [0.4, 0.5) is 5.95 Å². The van der Waals surface area contributed by atoms with Gasteiger partial charge in [0.2, 0.25) is 11.8 Å². The first kappa shape index (κ1) is 12.7. The van der Waals surface area contributed by atoms with Crippen LogP contribution >= 0.6 is 0 Å². The molecule has 90 valence electrons. The maximum absolute atomic E-state index is 5.62. The van der Waals surface area contributed by atoms with Crippen molar-refractivity contribution in [1.29, 1.82) is 0 Å². The summed E-state index contributed by atoms with van der Waals surface area (Å²) in [5.74, 6) is 1.14. The lowest BCUT2D eigenvalue weighted by atomic mass is 10.4. The Morgan fingerprint density at radius 3 is 2.81 bits per heavy atom. The second kappa shape index (κ2) is 6.27. The molecule has 5 heteroatoms. The Bertz CT molecular complexity index is 331. The molecule has 0 spiro atoms. The molecule has 1 heterocycles. The van der Waals surface area contributed by atoms with E-state index in [4.69, 9.17) is 9.47 Å². The number of hydrogen-bond acceptors (Lipinski definition) is 5. The first-order valence-electron chi connectivity index (χ1n) is 5.43. The van der Waals surface area contributed by atoms with Crippen molar-refractivity contribution in [2.75, 3.05) is 25.6 Å². The van der Waals surface area contributed by atoms with E-state index in [-0.39, 0.29) is 6.10 Å². The highest BCUT2D eigenvalue weighted by Gasteiger charge is 2.07. The van der Waals surface area contributed by atoms with Gasteiger partial charge in [-0.05, 0) is 20.8 Å². The molecule has 1 aromatic heterocycles. The zero-order valence-electron chi connectivity index (χ0n) is 10.3. The van der Waals surface area contributed by atoms with E-state index < -0.39 is 0 Å². The van der Waals surface area contributed by atoms with Crippen molar-refractivity contribution in [3.05, 3.63) is 11.8 Å². The lowest BCUT2D eigenvalue weighted by Gasteiger charge is -2.14. The normalized spacial score (nSPS) is 12.2. The number of anilines is 1. The highest BCUT2D eigenvalue weighted by Crippen LogP contribution is 2.13. The van der Waals surface area contributed by atoms with Gasteiger partial charge in [-0.1, -0.05) is 0 Å². The van der Waals surface area contributed by atoms with Crippen LogP contribution in [0.2, 0.25) is 0 Å². The minimum absolute atomic E-state index is 0.0149. The molecule has 0 amide bonds. The van der Waals surface area contributed by atoms with Crippen LogP contribution in [0.15, 0.2) is 6.07 Å². The maximum Gasteiger partial charge on any atom is 0.225 e. The summed E-state index contributed by atoms with van der Waals surface area (Å²) in [5.41, 5.74) is 0.873. The SMILES string of the molecule is CCOCC(C)Oc1cc(C)nc(NC)n1. The molecule has 16 heavy (non-hydrogen) atoms. The van der Waals surface area contributed by atoms with Gasteiger partial charge in [0.15, 0.2) is 0 Å². The summed E-state index contributed by atoms with van der Waals surface area (Å²) in [6, 6.07) is 1.81. The number of nitrogens with one attached hydrogen (secondary N) is 1. The standard InChI is InChI=1S/C11H19N3O2/c1-5-15-7-9(3)16-10-6-8(2)13-11(12-4)14-10/h6,9H,5,7H2,1-4H3,(H,12,13,14). The van der Waals surface area contributed by atoms with E-state index in [9.17, 15) is 0 Å². The Morgan fingerprint density at radius 2 is 2.19 bits per heavy atom. The van der Waals surface area contributed by atoms with Gasteiger partial charge in [0.25, 0.3) is 0 Å². The summed E-state index contributed by atoms with van der Waals surface area (Å²) in [5, 5.41) is 2.89. The van der Waals surface area contributed by atoms with Crippen LogP contribution in [0.5, 0.6) is 5.88 Å². The number of hydrogen-bond donors (Lipinski definition) is 1. The Morgan fingerprint density at radius 1 is 1.44 bits per heavy atom. The third-order valence-corrected chi connectivity index (χ3v) is 1.93. The van der Waals surface area contributed by atoms with Crippen LogP contribution in [0.3, 0.4) is 0 Å². The topological polar surface area (TPSA) is 56.3 Å². The zero-order valence-corrected chi connectivity index (χ0v) is 10.3. The monoisotopic (exact) mass is 225 g/mol. The molecule has 1 N–H and O–H groups in total. The van der Waals surface area contributed by atoms with Crippen molar-refractivity contribution in [2.24, 2.45) is 0 Å². The Balaban J connectivity index is 2.61. The van der Waals surface area contributed by atoms with Crippen LogP contribution < -0.4 is 10.1 Å². The molecule has 0 saturated heterocycles. The molecule has 0 aliphatic heterocycles. The number of ether oxygens (including phenoxy) is 2. The van der Waals surface area contributed by atoms with Gasteiger partial charge in [0.1, 0.15) is 6.10 Å². The number of rotatable bonds is 6. The summed E-state index contributed by atoms with van der Waals surface area (Å²) in [6.45, 7) is 7.07. The smallest absolute Gasteiger partial charge is 0.225 e. The molecule has 0 aromatic carbocycles. The molecule has 1 rings (SSSR count). The minimum atomic E-state index is -0.0149.